The molecule has 3 heteroatoms. The summed E-state index contributed by atoms with van der Waals surface area (Å²) in [4.78, 5) is 2.36. The summed E-state index contributed by atoms with van der Waals surface area (Å²) in [7, 11) is 0. The van der Waals surface area contributed by atoms with Gasteiger partial charge < -0.3 is 29.3 Å². The molecule has 2 atom stereocenters. The molecule has 0 amide bonds. The largest absolute Gasteiger partial charge is 2.00 e. The second-order valence-corrected chi connectivity index (χ2v) is 3.48. The van der Waals surface area contributed by atoms with Crippen LogP contribution in [0.5, 0.6) is 0 Å². The SMILES string of the molecule is [Br-].[C-]#CCN1[C@H](C)CCC[C@@H]1C.[Mg+2]. The van der Waals surface area contributed by atoms with Gasteiger partial charge in [0.15, 0.2) is 0 Å². The second-order valence-electron chi connectivity index (χ2n) is 3.48. The molecule has 70 valence electrons. The number of hydrogen-bond donors (Lipinski definition) is 0. The number of hydrogen-bond acceptors (Lipinski definition) is 1. The Morgan fingerprint density at radius 1 is 1.31 bits per heavy atom. The Hall–Kier alpha value is 0.766. The molecule has 1 rings (SSSR count). The van der Waals surface area contributed by atoms with Crippen molar-refractivity contribution in [2.24, 2.45) is 0 Å². The van der Waals surface area contributed by atoms with E-state index in [1.165, 1.54) is 19.3 Å². The summed E-state index contributed by atoms with van der Waals surface area (Å²) < 4.78 is 0. The normalized spacial score (nSPS) is 28.1. The average molecular weight is 254 g/mol. The zero-order chi connectivity index (χ0) is 8.27. The van der Waals surface area contributed by atoms with E-state index in [0.717, 1.165) is 0 Å². The van der Waals surface area contributed by atoms with Crippen LogP contribution in [0.25, 0.3) is 0 Å². The first kappa shape index (κ1) is 16.2. The minimum Gasteiger partial charge on any atom is -1.00 e. The van der Waals surface area contributed by atoms with E-state index < -0.39 is 0 Å². The summed E-state index contributed by atoms with van der Waals surface area (Å²) in [6, 6.07) is 1.30. The standard InChI is InChI=1S/C10H16N.BrH.Mg/c1-4-8-11-9(2)6-5-7-10(11)3;;/h9-10H,5-8H2,2-3H3;1H;/q-1;;+2/p-1/t9-,10+;;. The first-order chi connectivity index (χ1) is 5.25. The van der Waals surface area contributed by atoms with Crippen LogP contribution in [0.3, 0.4) is 0 Å². The van der Waals surface area contributed by atoms with Crippen LogP contribution in [0, 0.1) is 12.3 Å². The van der Waals surface area contributed by atoms with E-state index >= 15 is 0 Å². The molecule has 0 radical (unpaired) electrons. The summed E-state index contributed by atoms with van der Waals surface area (Å²) in [5.41, 5.74) is 0. The van der Waals surface area contributed by atoms with Gasteiger partial charge in [0.25, 0.3) is 0 Å². The molecule has 1 fully saturated rings. The van der Waals surface area contributed by atoms with Gasteiger partial charge in [0.1, 0.15) is 0 Å². The van der Waals surface area contributed by atoms with E-state index in [4.69, 9.17) is 6.42 Å². The zero-order valence-corrected chi connectivity index (χ0v) is 11.5. The van der Waals surface area contributed by atoms with Crippen molar-refractivity contribution in [2.75, 3.05) is 6.54 Å². The maximum Gasteiger partial charge on any atom is 2.00 e. The molecule has 1 heterocycles. The maximum atomic E-state index is 6.93. The van der Waals surface area contributed by atoms with Gasteiger partial charge >= 0.3 is 23.1 Å². The molecule has 0 aromatic rings. The van der Waals surface area contributed by atoms with Gasteiger partial charge in [0.05, 0.1) is 0 Å². The summed E-state index contributed by atoms with van der Waals surface area (Å²) >= 11 is 0. The third-order valence-electron chi connectivity index (χ3n) is 2.64. The van der Waals surface area contributed by atoms with Crippen molar-refractivity contribution in [3.63, 3.8) is 0 Å². The summed E-state index contributed by atoms with van der Waals surface area (Å²) in [6.45, 7) is 5.20. The summed E-state index contributed by atoms with van der Waals surface area (Å²) in [6.07, 6.45) is 10.8. The van der Waals surface area contributed by atoms with Crippen molar-refractivity contribution in [3.8, 4) is 5.92 Å². The first-order valence-electron chi connectivity index (χ1n) is 4.41. The molecule has 0 saturated carbocycles. The molecule has 0 N–H and O–H groups in total. The van der Waals surface area contributed by atoms with E-state index in [1.807, 2.05) is 0 Å². The van der Waals surface area contributed by atoms with E-state index in [2.05, 4.69) is 24.7 Å². The van der Waals surface area contributed by atoms with E-state index in [0.29, 0.717) is 18.6 Å². The number of nitrogens with zero attached hydrogens (tertiary/aromatic N) is 1. The fourth-order valence-electron chi connectivity index (χ4n) is 1.88. The number of halogens is 1. The predicted molar refractivity (Wildman–Crippen MR) is 52.4 cm³/mol. The molecule has 0 aromatic heterocycles. The van der Waals surface area contributed by atoms with E-state index in [-0.39, 0.29) is 40.0 Å². The molecule has 0 unspecified atom stereocenters. The molecular formula is C10H16BrMgN. The van der Waals surface area contributed by atoms with Gasteiger partial charge in [-0.3, -0.25) is 4.90 Å². The second kappa shape index (κ2) is 8.11. The van der Waals surface area contributed by atoms with Crippen molar-refractivity contribution >= 4 is 23.1 Å². The van der Waals surface area contributed by atoms with E-state index in [1.54, 1.807) is 0 Å². The van der Waals surface area contributed by atoms with Gasteiger partial charge in [0, 0.05) is 18.6 Å². The maximum absolute atomic E-state index is 6.93. The third-order valence-corrected chi connectivity index (χ3v) is 2.64. The zero-order valence-electron chi connectivity index (χ0n) is 8.52. The van der Waals surface area contributed by atoms with Crippen LogP contribution in [0.4, 0.5) is 0 Å². The predicted octanol–water partition coefficient (Wildman–Crippen LogP) is -1.54. The Bertz CT molecular complexity index is 157. The van der Waals surface area contributed by atoms with Crippen molar-refractivity contribution in [3.05, 3.63) is 6.42 Å². The van der Waals surface area contributed by atoms with Crippen molar-refractivity contribution in [1.82, 2.24) is 4.90 Å². The Balaban J connectivity index is 0. The number of piperidine rings is 1. The molecule has 1 saturated heterocycles. The number of rotatable bonds is 1. The molecule has 1 aliphatic heterocycles. The Labute approximate surface area is 109 Å². The summed E-state index contributed by atoms with van der Waals surface area (Å²) in [5, 5.41) is 0. The molecule has 1 aliphatic rings. The van der Waals surface area contributed by atoms with Gasteiger partial charge in [-0.15, -0.1) is 0 Å². The molecule has 0 spiro atoms. The van der Waals surface area contributed by atoms with Crippen LogP contribution in [-0.2, 0) is 0 Å². The topological polar surface area (TPSA) is 3.24 Å². The molecule has 0 aromatic carbocycles. The molecule has 0 bridgehead atoms. The minimum atomic E-state index is 0. The summed E-state index contributed by atoms with van der Waals surface area (Å²) in [5.74, 6) is 2.47. The first-order valence-corrected chi connectivity index (χ1v) is 4.41. The van der Waals surface area contributed by atoms with Gasteiger partial charge in [-0.1, -0.05) is 6.42 Å². The van der Waals surface area contributed by atoms with E-state index in [9.17, 15) is 0 Å². The van der Waals surface area contributed by atoms with Gasteiger partial charge in [0.2, 0.25) is 0 Å². The fraction of sp³-hybridized carbons (Fsp3) is 0.800. The molecule has 1 nitrogen and oxygen atoms in total. The minimum absolute atomic E-state index is 0. The molecule has 0 aliphatic carbocycles. The average Bonchev–Trinajstić information content (AvgIpc) is 1.97. The van der Waals surface area contributed by atoms with Crippen LogP contribution < -0.4 is 17.0 Å². The Kier molecular flexibility index (Phi) is 10.1. The van der Waals surface area contributed by atoms with Crippen molar-refractivity contribution < 1.29 is 17.0 Å². The smallest absolute Gasteiger partial charge is 1.00 e. The van der Waals surface area contributed by atoms with Crippen LogP contribution >= 0.6 is 0 Å². The quantitative estimate of drug-likeness (QED) is 0.312. The third kappa shape index (κ3) is 4.69. The van der Waals surface area contributed by atoms with Crippen molar-refractivity contribution in [1.29, 1.82) is 0 Å². The number of likely N-dealkylation sites (tertiary alicyclic amines) is 1. The van der Waals surface area contributed by atoms with Gasteiger partial charge in [-0.25, -0.2) is 0 Å². The van der Waals surface area contributed by atoms with Crippen LogP contribution in [0.15, 0.2) is 0 Å². The molecular weight excluding hydrogens is 238 g/mol. The van der Waals surface area contributed by atoms with Crippen LogP contribution in [0.2, 0.25) is 0 Å². The van der Waals surface area contributed by atoms with Crippen LogP contribution in [-0.4, -0.2) is 46.6 Å². The fourth-order valence-corrected chi connectivity index (χ4v) is 1.88. The molecule has 13 heavy (non-hydrogen) atoms. The van der Waals surface area contributed by atoms with Crippen molar-refractivity contribution in [2.45, 2.75) is 45.2 Å². The van der Waals surface area contributed by atoms with Crippen LogP contribution in [0.1, 0.15) is 33.1 Å². The van der Waals surface area contributed by atoms with Gasteiger partial charge in [-0.05, 0) is 26.7 Å². The van der Waals surface area contributed by atoms with Gasteiger partial charge in [-0.2, -0.15) is 0 Å². The Morgan fingerprint density at radius 2 is 1.77 bits per heavy atom. The monoisotopic (exact) mass is 253 g/mol. The Morgan fingerprint density at radius 3 is 2.15 bits per heavy atom.